The highest BCUT2D eigenvalue weighted by Gasteiger charge is 2.24. The fourth-order valence-corrected chi connectivity index (χ4v) is 3.49. The molecule has 0 unspecified atom stereocenters. The summed E-state index contributed by atoms with van der Waals surface area (Å²) >= 11 is 0. The average Bonchev–Trinajstić information content (AvgIpc) is 3.09. The van der Waals surface area contributed by atoms with Crippen LogP contribution in [0.15, 0.2) is 54.6 Å². The van der Waals surface area contributed by atoms with Gasteiger partial charge in [-0.25, -0.2) is 5.48 Å². The first kappa shape index (κ1) is 17.1. The molecule has 0 radical (unpaired) electrons. The summed E-state index contributed by atoms with van der Waals surface area (Å²) in [5, 5.41) is 9.72. The molecule has 27 heavy (non-hydrogen) atoms. The molecule has 6 heteroatoms. The molecular weight excluding hydrogens is 342 g/mol. The number of carbonyl (C=O) groups excluding carboxylic acids is 2. The normalized spacial score (nSPS) is 13.7. The van der Waals surface area contributed by atoms with Gasteiger partial charge in [0.25, 0.3) is 11.8 Å². The number of nitrogens with zero attached hydrogens (tertiary/aromatic N) is 1. The summed E-state index contributed by atoms with van der Waals surface area (Å²) in [5.74, 6) is -0.611. The van der Waals surface area contributed by atoms with Crippen LogP contribution in [0.1, 0.15) is 27.2 Å². The summed E-state index contributed by atoms with van der Waals surface area (Å²) in [4.78, 5) is 29.1. The largest absolute Gasteiger partial charge is 0.357 e. The predicted molar refractivity (Wildman–Crippen MR) is 102 cm³/mol. The lowest BCUT2D eigenvalue weighted by atomic mass is 10.0. The van der Waals surface area contributed by atoms with Gasteiger partial charge in [0, 0.05) is 34.8 Å². The summed E-state index contributed by atoms with van der Waals surface area (Å²) in [6.45, 7) is 1.26. The molecule has 0 saturated heterocycles. The zero-order valence-electron chi connectivity index (χ0n) is 14.6. The molecule has 0 fully saturated rings. The van der Waals surface area contributed by atoms with Crippen LogP contribution in [0.2, 0.25) is 0 Å². The first-order valence-corrected chi connectivity index (χ1v) is 8.75. The summed E-state index contributed by atoms with van der Waals surface area (Å²) < 4.78 is 0. The van der Waals surface area contributed by atoms with Gasteiger partial charge in [0.1, 0.15) is 0 Å². The Morgan fingerprint density at radius 1 is 1.11 bits per heavy atom. The molecule has 0 atom stereocenters. The van der Waals surface area contributed by atoms with Crippen LogP contribution in [-0.2, 0) is 17.8 Å². The highest BCUT2D eigenvalue weighted by molar-refractivity contribution is 5.95. The number of aromatic nitrogens is 1. The van der Waals surface area contributed by atoms with Gasteiger partial charge >= 0.3 is 0 Å². The number of hydroxylamine groups is 1. The number of fused-ring (bicyclic) bond motifs is 3. The molecule has 0 spiro atoms. The number of hydrogen-bond acceptors (Lipinski definition) is 3. The summed E-state index contributed by atoms with van der Waals surface area (Å²) in [6.07, 6.45) is 3.62. The molecule has 2 aromatic carbocycles. The number of aromatic amines is 1. The van der Waals surface area contributed by atoms with Crippen molar-refractivity contribution >= 4 is 28.8 Å². The van der Waals surface area contributed by atoms with E-state index in [9.17, 15) is 9.59 Å². The molecular formula is C21H19N3O3. The molecule has 3 aromatic rings. The summed E-state index contributed by atoms with van der Waals surface area (Å²) in [6, 6.07) is 15.3. The van der Waals surface area contributed by atoms with Gasteiger partial charge in [-0.3, -0.25) is 14.8 Å². The van der Waals surface area contributed by atoms with Gasteiger partial charge < -0.3 is 9.88 Å². The number of nitrogens with one attached hydrogen (secondary N) is 2. The standard InChI is InChI=1S/C21H19N3O3/c25-20(23-27)10-7-14-5-8-15(9-6-14)21(26)24-12-11-17-16-3-1-2-4-18(16)22-19(17)13-24/h1-10,22,27H,11-13H2,(H,23,25). The van der Waals surface area contributed by atoms with Crippen LogP contribution < -0.4 is 5.48 Å². The Morgan fingerprint density at radius 2 is 1.89 bits per heavy atom. The number of rotatable bonds is 3. The van der Waals surface area contributed by atoms with E-state index in [4.69, 9.17) is 5.21 Å². The van der Waals surface area contributed by atoms with Crippen molar-refractivity contribution in [1.29, 1.82) is 0 Å². The minimum atomic E-state index is -0.599. The molecule has 4 rings (SSSR count). The van der Waals surface area contributed by atoms with Gasteiger partial charge in [-0.15, -0.1) is 0 Å². The van der Waals surface area contributed by atoms with Crippen molar-refractivity contribution in [2.45, 2.75) is 13.0 Å². The maximum Gasteiger partial charge on any atom is 0.267 e. The molecule has 0 saturated carbocycles. The van der Waals surface area contributed by atoms with Crippen molar-refractivity contribution in [3.05, 3.63) is 77.0 Å². The Balaban J connectivity index is 1.50. The Bertz CT molecular complexity index is 1030. The number of para-hydroxylation sites is 1. The Morgan fingerprint density at radius 3 is 2.67 bits per heavy atom. The summed E-state index contributed by atoms with van der Waals surface area (Å²) in [5.41, 5.74) is 6.43. The van der Waals surface area contributed by atoms with E-state index in [0.717, 1.165) is 23.2 Å². The number of hydrogen-bond donors (Lipinski definition) is 3. The predicted octanol–water partition coefficient (Wildman–Crippen LogP) is 2.89. The number of H-pyrrole nitrogens is 1. The van der Waals surface area contributed by atoms with Gasteiger partial charge in [0.05, 0.1) is 6.54 Å². The third-order valence-corrected chi connectivity index (χ3v) is 4.86. The number of amides is 2. The minimum absolute atomic E-state index is 0.0112. The fraction of sp³-hybridized carbons (Fsp3) is 0.143. The maximum absolute atomic E-state index is 12.8. The van der Waals surface area contributed by atoms with E-state index in [-0.39, 0.29) is 5.91 Å². The molecule has 2 heterocycles. The summed E-state index contributed by atoms with van der Waals surface area (Å²) in [7, 11) is 0. The van der Waals surface area contributed by atoms with Crippen LogP contribution in [0.5, 0.6) is 0 Å². The van der Waals surface area contributed by atoms with Gasteiger partial charge in [-0.05, 0) is 41.8 Å². The maximum atomic E-state index is 12.8. The van der Waals surface area contributed by atoms with Gasteiger partial charge in [0.2, 0.25) is 0 Å². The fourth-order valence-electron chi connectivity index (χ4n) is 3.49. The van der Waals surface area contributed by atoms with Crippen LogP contribution in [0.4, 0.5) is 0 Å². The molecule has 3 N–H and O–H groups in total. The number of benzene rings is 2. The number of carbonyl (C=O) groups is 2. The SMILES string of the molecule is O=C(C=Cc1ccc(C(=O)N2CCc3c([nH]c4ccccc34)C2)cc1)NO. The third-order valence-electron chi connectivity index (χ3n) is 4.86. The van der Waals surface area contributed by atoms with E-state index in [0.29, 0.717) is 18.7 Å². The zero-order valence-corrected chi connectivity index (χ0v) is 14.6. The van der Waals surface area contributed by atoms with E-state index in [1.165, 1.54) is 22.5 Å². The van der Waals surface area contributed by atoms with Crippen molar-refractivity contribution in [3.8, 4) is 0 Å². The highest BCUT2D eigenvalue weighted by atomic mass is 16.5. The Kier molecular flexibility index (Phi) is 4.48. The third kappa shape index (κ3) is 3.35. The van der Waals surface area contributed by atoms with Crippen molar-refractivity contribution in [2.75, 3.05) is 6.54 Å². The van der Waals surface area contributed by atoms with Crippen LogP contribution >= 0.6 is 0 Å². The monoisotopic (exact) mass is 361 g/mol. The van der Waals surface area contributed by atoms with Crippen molar-refractivity contribution in [3.63, 3.8) is 0 Å². The first-order valence-electron chi connectivity index (χ1n) is 8.75. The van der Waals surface area contributed by atoms with Crippen LogP contribution in [0.3, 0.4) is 0 Å². The molecule has 0 aliphatic carbocycles. The van der Waals surface area contributed by atoms with E-state index in [1.54, 1.807) is 30.3 Å². The van der Waals surface area contributed by atoms with Crippen molar-refractivity contribution < 1.29 is 14.8 Å². The minimum Gasteiger partial charge on any atom is -0.357 e. The van der Waals surface area contributed by atoms with Crippen LogP contribution in [-0.4, -0.2) is 33.5 Å². The van der Waals surface area contributed by atoms with Crippen LogP contribution in [0.25, 0.3) is 17.0 Å². The molecule has 1 aromatic heterocycles. The highest BCUT2D eigenvalue weighted by Crippen LogP contribution is 2.28. The quantitative estimate of drug-likeness (QED) is 0.381. The zero-order chi connectivity index (χ0) is 18.8. The lowest BCUT2D eigenvalue weighted by Crippen LogP contribution is -2.35. The second-order valence-electron chi connectivity index (χ2n) is 6.54. The van der Waals surface area contributed by atoms with E-state index < -0.39 is 5.91 Å². The van der Waals surface area contributed by atoms with E-state index >= 15 is 0 Å². The van der Waals surface area contributed by atoms with Gasteiger partial charge in [-0.2, -0.15) is 0 Å². The second kappa shape index (κ2) is 7.09. The first-order chi connectivity index (χ1) is 13.2. The lowest BCUT2D eigenvalue weighted by Gasteiger charge is -2.27. The smallest absolute Gasteiger partial charge is 0.267 e. The molecule has 1 aliphatic heterocycles. The Hall–Kier alpha value is -3.38. The molecule has 6 nitrogen and oxygen atoms in total. The molecule has 0 bridgehead atoms. The van der Waals surface area contributed by atoms with Gasteiger partial charge in [0.15, 0.2) is 0 Å². The average molecular weight is 361 g/mol. The van der Waals surface area contributed by atoms with E-state index in [1.807, 2.05) is 17.0 Å². The second-order valence-corrected chi connectivity index (χ2v) is 6.54. The Labute approximate surface area is 156 Å². The molecule has 2 amide bonds. The lowest BCUT2D eigenvalue weighted by molar-refractivity contribution is -0.124. The van der Waals surface area contributed by atoms with Gasteiger partial charge in [-0.1, -0.05) is 30.3 Å². The molecule has 1 aliphatic rings. The van der Waals surface area contributed by atoms with E-state index in [2.05, 4.69) is 17.1 Å². The van der Waals surface area contributed by atoms with Crippen molar-refractivity contribution in [2.24, 2.45) is 0 Å². The topological polar surface area (TPSA) is 85.4 Å². The molecule has 136 valence electrons. The van der Waals surface area contributed by atoms with Crippen molar-refractivity contribution in [1.82, 2.24) is 15.4 Å². The van der Waals surface area contributed by atoms with Crippen LogP contribution in [0, 0.1) is 0 Å².